The van der Waals surface area contributed by atoms with Gasteiger partial charge in [0.2, 0.25) is 11.8 Å². The minimum absolute atomic E-state index is 0.117. The standard InChI is InChI=1S/C32H35N3O3/c1-38-29-19-11-8-14-24(29)22-35(30(36)20-25-21-33-28-18-10-9-17-27(25)28)31(23-12-4-2-5-13-23)32(37)34-26-15-6-3-7-16-26/h2,4-5,8-14,17-19,21,26,31,33H,3,6-7,15-16,20,22H2,1H3,(H,34,37)/t31-/m1/s1. The lowest BCUT2D eigenvalue weighted by Gasteiger charge is -2.34. The van der Waals surface area contributed by atoms with Crippen molar-refractivity contribution < 1.29 is 14.3 Å². The van der Waals surface area contributed by atoms with Crippen molar-refractivity contribution in [1.29, 1.82) is 0 Å². The number of carbonyl (C=O) groups is 2. The van der Waals surface area contributed by atoms with Crippen LogP contribution in [-0.2, 0) is 22.6 Å². The van der Waals surface area contributed by atoms with Gasteiger partial charge in [0.05, 0.1) is 20.1 Å². The molecule has 2 N–H and O–H groups in total. The maximum Gasteiger partial charge on any atom is 0.247 e. The van der Waals surface area contributed by atoms with Crippen molar-refractivity contribution in [3.8, 4) is 5.75 Å². The Morgan fingerprint density at radius 2 is 1.63 bits per heavy atom. The van der Waals surface area contributed by atoms with E-state index in [2.05, 4.69) is 10.3 Å². The molecule has 1 aromatic heterocycles. The summed E-state index contributed by atoms with van der Waals surface area (Å²) in [5, 5.41) is 4.30. The highest BCUT2D eigenvalue weighted by molar-refractivity contribution is 5.92. The molecule has 0 saturated heterocycles. The van der Waals surface area contributed by atoms with Gasteiger partial charge >= 0.3 is 0 Å². The van der Waals surface area contributed by atoms with E-state index in [0.717, 1.165) is 53.3 Å². The molecule has 38 heavy (non-hydrogen) atoms. The minimum Gasteiger partial charge on any atom is -0.496 e. The van der Waals surface area contributed by atoms with Gasteiger partial charge in [0.25, 0.3) is 0 Å². The number of nitrogens with zero attached hydrogens (tertiary/aromatic N) is 1. The maximum absolute atomic E-state index is 14.2. The lowest BCUT2D eigenvalue weighted by molar-refractivity contribution is -0.141. The number of carbonyl (C=O) groups excluding carboxylic acids is 2. The highest BCUT2D eigenvalue weighted by Crippen LogP contribution is 2.30. The van der Waals surface area contributed by atoms with Gasteiger partial charge in [-0.25, -0.2) is 0 Å². The molecule has 2 amide bonds. The average Bonchev–Trinajstić information content (AvgIpc) is 3.36. The van der Waals surface area contributed by atoms with E-state index in [9.17, 15) is 9.59 Å². The molecule has 6 nitrogen and oxygen atoms in total. The predicted octanol–water partition coefficient (Wildman–Crippen LogP) is 5.94. The Morgan fingerprint density at radius 3 is 2.42 bits per heavy atom. The van der Waals surface area contributed by atoms with Crippen LogP contribution >= 0.6 is 0 Å². The van der Waals surface area contributed by atoms with Gasteiger partial charge in [-0.3, -0.25) is 9.59 Å². The molecular weight excluding hydrogens is 474 g/mol. The van der Waals surface area contributed by atoms with Gasteiger partial charge < -0.3 is 19.9 Å². The second-order valence-corrected chi connectivity index (χ2v) is 10.0. The number of fused-ring (bicyclic) bond motifs is 1. The molecule has 5 rings (SSSR count). The second kappa shape index (κ2) is 12.0. The zero-order valence-corrected chi connectivity index (χ0v) is 21.9. The summed E-state index contributed by atoms with van der Waals surface area (Å²) in [5.74, 6) is 0.440. The Morgan fingerprint density at radius 1 is 0.921 bits per heavy atom. The van der Waals surface area contributed by atoms with Crippen LogP contribution < -0.4 is 10.1 Å². The van der Waals surface area contributed by atoms with Crippen molar-refractivity contribution in [1.82, 2.24) is 15.2 Å². The van der Waals surface area contributed by atoms with Crippen molar-refractivity contribution >= 4 is 22.7 Å². The van der Waals surface area contributed by atoms with Crippen LogP contribution in [-0.4, -0.2) is 34.8 Å². The first-order valence-electron chi connectivity index (χ1n) is 13.5. The summed E-state index contributed by atoms with van der Waals surface area (Å²) in [6.45, 7) is 0.253. The van der Waals surface area contributed by atoms with Gasteiger partial charge in [-0.15, -0.1) is 0 Å². The number of ether oxygens (including phenoxy) is 1. The number of methoxy groups -OCH3 is 1. The van der Waals surface area contributed by atoms with Crippen molar-refractivity contribution in [3.05, 3.63) is 102 Å². The number of hydrogen-bond donors (Lipinski definition) is 2. The molecule has 0 spiro atoms. The molecular formula is C32H35N3O3. The smallest absolute Gasteiger partial charge is 0.247 e. The van der Waals surface area contributed by atoms with E-state index < -0.39 is 6.04 Å². The second-order valence-electron chi connectivity index (χ2n) is 10.0. The summed E-state index contributed by atoms with van der Waals surface area (Å²) in [5.41, 5.74) is 3.55. The fraction of sp³-hybridized carbons (Fsp3) is 0.312. The molecule has 1 fully saturated rings. The number of rotatable bonds is 9. The molecule has 0 radical (unpaired) electrons. The molecule has 1 heterocycles. The highest BCUT2D eigenvalue weighted by Gasteiger charge is 2.33. The summed E-state index contributed by atoms with van der Waals surface area (Å²) in [6.07, 6.45) is 7.46. The number of benzene rings is 3. The molecule has 1 aliphatic rings. The number of hydrogen-bond acceptors (Lipinski definition) is 3. The predicted molar refractivity (Wildman–Crippen MR) is 150 cm³/mol. The Bertz CT molecular complexity index is 1380. The molecule has 196 valence electrons. The van der Waals surface area contributed by atoms with Crippen LogP contribution in [0.2, 0.25) is 0 Å². The third-order valence-corrected chi connectivity index (χ3v) is 7.50. The summed E-state index contributed by atoms with van der Waals surface area (Å²) in [4.78, 5) is 33.1. The number of nitrogens with one attached hydrogen (secondary N) is 2. The Hall–Kier alpha value is -4.06. The normalized spacial score (nSPS) is 14.7. The van der Waals surface area contributed by atoms with Gasteiger partial charge in [-0.1, -0.05) is 86.0 Å². The van der Waals surface area contributed by atoms with E-state index in [-0.39, 0.29) is 30.8 Å². The van der Waals surface area contributed by atoms with Crippen molar-refractivity contribution in [2.75, 3.05) is 7.11 Å². The highest BCUT2D eigenvalue weighted by atomic mass is 16.5. The fourth-order valence-corrected chi connectivity index (χ4v) is 5.52. The Kier molecular flexibility index (Phi) is 8.07. The number of aromatic nitrogens is 1. The van der Waals surface area contributed by atoms with Gasteiger partial charge in [-0.05, 0) is 36.1 Å². The minimum atomic E-state index is -0.763. The van der Waals surface area contributed by atoms with E-state index in [0.29, 0.717) is 5.75 Å². The SMILES string of the molecule is COc1ccccc1CN(C(=O)Cc1c[nH]c2ccccc12)[C@@H](C(=O)NC1CCCCC1)c1ccccc1. The monoisotopic (exact) mass is 509 g/mol. The largest absolute Gasteiger partial charge is 0.496 e. The van der Waals surface area contributed by atoms with Crippen LogP contribution in [0.4, 0.5) is 0 Å². The third-order valence-electron chi connectivity index (χ3n) is 7.50. The lowest BCUT2D eigenvalue weighted by Crippen LogP contribution is -2.47. The average molecular weight is 510 g/mol. The number of H-pyrrole nitrogens is 1. The molecule has 0 aliphatic heterocycles. The molecule has 1 atom stereocenters. The van der Waals surface area contributed by atoms with Crippen molar-refractivity contribution in [3.63, 3.8) is 0 Å². The third kappa shape index (κ3) is 5.75. The van der Waals surface area contributed by atoms with Gasteiger partial charge in [0.1, 0.15) is 11.8 Å². The molecule has 1 aliphatic carbocycles. The molecule has 0 bridgehead atoms. The van der Waals surface area contributed by atoms with Crippen LogP contribution in [0.15, 0.2) is 85.1 Å². The molecule has 1 saturated carbocycles. The number of aromatic amines is 1. The van der Waals surface area contributed by atoms with E-state index in [1.54, 1.807) is 12.0 Å². The zero-order chi connectivity index (χ0) is 26.3. The van der Waals surface area contributed by atoms with Crippen molar-refractivity contribution in [2.45, 2.75) is 57.2 Å². The fourth-order valence-electron chi connectivity index (χ4n) is 5.52. The first-order valence-corrected chi connectivity index (χ1v) is 13.5. The first-order chi connectivity index (χ1) is 18.6. The lowest BCUT2D eigenvalue weighted by atomic mass is 9.94. The van der Waals surface area contributed by atoms with Crippen LogP contribution in [0.3, 0.4) is 0 Å². The summed E-state index contributed by atoms with van der Waals surface area (Å²) in [7, 11) is 1.63. The summed E-state index contributed by atoms with van der Waals surface area (Å²) >= 11 is 0. The van der Waals surface area contributed by atoms with Crippen LogP contribution in [0.25, 0.3) is 10.9 Å². The van der Waals surface area contributed by atoms with Crippen LogP contribution in [0.1, 0.15) is 54.8 Å². The van der Waals surface area contributed by atoms with Crippen LogP contribution in [0.5, 0.6) is 5.75 Å². The van der Waals surface area contributed by atoms with Gasteiger partial charge in [0.15, 0.2) is 0 Å². The Balaban J connectivity index is 1.52. The van der Waals surface area contributed by atoms with Gasteiger partial charge in [0, 0.05) is 28.7 Å². The van der Waals surface area contributed by atoms with E-state index >= 15 is 0 Å². The number of amides is 2. The molecule has 4 aromatic rings. The molecule has 6 heteroatoms. The summed E-state index contributed by atoms with van der Waals surface area (Å²) < 4.78 is 5.61. The number of para-hydroxylation sites is 2. The van der Waals surface area contributed by atoms with E-state index in [1.807, 2.05) is 85.1 Å². The molecule has 0 unspecified atom stereocenters. The molecule has 3 aromatic carbocycles. The van der Waals surface area contributed by atoms with Gasteiger partial charge in [-0.2, -0.15) is 0 Å². The van der Waals surface area contributed by atoms with Crippen LogP contribution in [0, 0.1) is 0 Å². The summed E-state index contributed by atoms with van der Waals surface area (Å²) in [6, 6.07) is 24.6. The zero-order valence-electron chi connectivity index (χ0n) is 21.9. The van der Waals surface area contributed by atoms with E-state index in [4.69, 9.17) is 4.74 Å². The quantitative estimate of drug-likeness (QED) is 0.293. The topological polar surface area (TPSA) is 74.4 Å². The first kappa shape index (κ1) is 25.6. The Labute approximate surface area is 224 Å². The maximum atomic E-state index is 14.2. The van der Waals surface area contributed by atoms with Crippen molar-refractivity contribution in [2.24, 2.45) is 0 Å². The van der Waals surface area contributed by atoms with E-state index in [1.165, 1.54) is 6.42 Å².